The number of alkyl halides is 1. The largest absolute Gasteiger partial charge is 0.492 e. The molecule has 230 valence electrons. The molecule has 2 aliphatic heterocycles. The molecule has 10 nitrogen and oxygen atoms in total. The van der Waals surface area contributed by atoms with E-state index in [4.69, 9.17) is 14.2 Å². The smallest absolute Gasteiger partial charge is 0.334 e. The highest BCUT2D eigenvalue weighted by molar-refractivity contribution is 9.10. The summed E-state index contributed by atoms with van der Waals surface area (Å²) < 4.78 is 15.5. The minimum atomic E-state index is -1.55. The molecule has 11 heteroatoms. The number of allylic oxidation sites excluding steroid dienone is 1. The Labute approximate surface area is 263 Å². The number of carbonyl (C=O) groups excluding carboxylic acids is 5. The first-order chi connectivity index (χ1) is 21.0. The van der Waals surface area contributed by atoms with Crippen LogP contribution in [0.15, 0.2) is 59.7 Å². The zero-order valence-electron chi connectivity index (χ0n) is 25.1. The maximum absolute atomic E-state index is 14.6. The van der Waals surface area contributed by atoms with Crippen LogP contribution < -0.4 is 19.3 Å². The van der Waals surface area contributed by atoms with E-state index in [-0.39, 0.29) is 23.6 Å². The molecule has 2 aromatic carbocycles. The van der Waals surface area contributed by atoms with E-state index in [9.17, 15) is 24.0 Å². The summed E-state index contributed by atoms with van der Waals surface area (Å²) in [5, 5.41) is 0. The molecule has 7 rings (SSSR count). The lowest BCUT2D eigenvalue weighted by Gasteiger charge is -2.59. The molecule has 3 aliphatic carbocycles. The molecule has 2 saturated heterocycles. The first-order valence-corrected chi connectivity index (χ1v) is 15.6. The van der Waals surface area contributed by atoms with Crippen LogP contribution in [0.1, 0.15) is 34.6 Å². The van der Waals surface area contributed by atoms with Gasteiger partial charge in [0.15, 0.2) is 0 Å². The number of esters is 1. The Bertz CT molecular complexity index is 1560. The molecule has 2 bridgehead atoms. The summed E-state index contributed by atoms with van der Waals surface area (Å²) >= 11 is 3.80. The molecule has 0 spiro atoms. The molecule has 2 aromatic rings. The standard InChI is InChI=1S/C33H33BrN2O8/c1-6-42-20-15-11-9-13-18(20)35-27(37)23-25(29(35)39)33(34)17(4)22(31(41)44-8-3)32(23,5)24-26(33)30(40)36(28(24)38)19-14-10-12-16-21(19)43-7-2/h9-16,23-26H,6-8H2,1-5H3/t23-,24-,25-,26+,32?,33?/m0/s1. The van der Waals surface area contributed by atoms with Crippen molar-refractivity contribution in [3.8, 4) is 11.5 Å². The Morgan fingerprint density at radius 1 is 0.727 bits per heavy atom. The van der Waals surface area contributed by atoms with Crippen LogP contribution in [0.5, 0.6) is 11.5 Å². The molecule has 2 heterocycles. The highest BCUT2D eigenvalue weighted by atomic mass is 79.9. The Morgan fingerprint density at radius 2 is 1.14 bits per heavy atom. The van der Waals surface area contributed by atoms with Gasteiger partial charge in [-0.3, -0.25) is 19.2 Å². The molecule has 5 aliphatic rings. The summed E-state index contributed by atoms with van der Waals surface area (Å²) in [6, 6.07) is 13.5. The number of imide groups is 2. The third-order valence-electron chi connectivity index (χ3n) is 9.59. The fourth-order valence-corrected chi connectivity index (χ4v) is 9.16. The molecule has 4 amide bonds. The second-order valence-corrected chi connectivity index (χ2v) is 12.8. The van der Waals surface area contributed by atoms with Crippen LogP contribution in [-0.2, 0) is 28.7 Å². The van der Waals surface area contributed by atoms with Gasteiger partial charge in [0.05, 0.1) is 59.2 Å². The van der Waals surface area contributed by atoms with Crippen molar-refractivity contribution in [2.45, 2.75) is 38.9 Å². The molecule has 0 N–H and O–H groups in total. The second kappa shape index (κ2) is 10.6. The van der Waals surface area contributed by atoms with Gasteiger partial charge in [-0.25, -0.2) is 14.6 Å². The number of carbonyl (C=O) groups is 5. The molecule has 44 heavy (non-hydrogen) atoms. The number of hydrogen-bond donors (Lipinski definition) is 0. The van der Waals surface area contributed by atoms with Crippen LogP contribution in [0.3, 0.4) is 0 Å². The predicted octanol–water partition coefficient (Wildman–Crippen LogP) is 4.44. The maximum atomic E-state index is 14.6. The van der Waals surface area contributed by atoms with E-state index in [0.717, 1.165) is 9.80 Å². The van der Waals surface area contributed by atoms with E-state index in [1.165, 1.54) is 0 Å². The molecular formula is C33H33BrN2O8. The summed E-state index contributed by atoms with van der Waals surface area (Å²) in [6.07, 6.45) is 0. The third kappa shape index (κ3) is 3.68. The van der Waals surface area contributed by atoms with Crippen molar-refractivity contribution in [3.63, 3.8) is 0 Å². The lowest BCUT2D eigenvalue weighted by atomic mass is 9.43. The van der Waals surface area contributed by atoms with Gasteiger partial charge in [-0.15, -0.1) is 0 Å². The predicted molar refractivity (Wildman–Crippen MR) is 163 cm³/mol. The number of nitrogens with zero attached hydrogens (tertiary/aromatic N) is 2. The van der Waals surface area contributed by atoms with Gasteiger partial charge in [-0.05, 0) is 57.5 Å². The Morgan fingerprint density at radius 3 is 1.55 bits per heavy atom. The molecule has 2 unspecified atom stereocenters. The van der Waals surface area contributed by atoms with E-state index in [1.807, 2.05) is 0 Å². The van der Waals surface area contributed by atoms with Gasteiger partial charge in [0, 0.05) is 11.0 Å². The van der Waals surface area contributed by atoms with Crippen LogP contribution >= 0.6 is 15.9 Å². The summed E-state index contributed by atoms with van der Waals surface area (Å²) in [4.78, 5) is 74.1. The van der Waals surface area contributed by atoms with Gasteiger partial charge in [0.25, 0.3) is 0 Å². The Hall–Kier alpha value is -3.99. The number of ether oxygens (including phenoxy) is 3. The second-order valence-electron chi connectivity index (χ2n) is 11.5. The first kappa shape index (κ1) is 30.1. The molecule has 0 radical (unpaired) electrons. The van der Waals surface area contributed by atoms with Gasteiger partial charge >= 0.3 is 5.97 Å². The van der Waals surface area contributed by atoms with Crippen LogP contribution in [0.4, 0.5) is 11.4 Å². The molecule has 0 aromatic heterocycles. The number of amides is 4. The minimum absolute atomic E-state index is 0.0602. The highest BCUT2D eigenvalue weighted by Crippen LogP contribution is 2.73. The molecule has 3 fully saturated rings. The number of rotatable bonds is 8. The summed E-state index contributed by atoms with van der Waals surface area (Å²) in [5.41, 5.74) is -0.471. The van der Waals surface area contributed by atoms with Gasteiger partial charge in [-0.1, -0.05) is 47.1 Å². The Kier molecular flexibility index (Phi) is 7.22. The van der Waals surface area contributed by atoms with Gasteiger partial charge in [-0.2, -0.15) is 0 Å². The monoisotopic (exact) mass is 664 g/mol. The van der Waals surface area contributed by atoms with Crippen molar-refractivity contribution in [2.75, 3.05) is 29.6 Å². The number of para-hydroxylation sites is 4. The average Bonchev–Trinajstić information content (AvgIpc) is 3.43. The minimum Gasteiger partial charge on any atom is -0.492 e. The van der Waals surface area contributed by atoms with E-state index in [1.54, 1.807) is 83.1 Å². The van der Waals surface area contributed by atoms with Gasteiger partial charge < -0.3 is 14.2 Å². The number of benzene rings is 2. The first-order valence-electron chi connectivity index (χ1n) is 14.8. The maximum Gasteiger partial charge on any atom is 0.334 e. The number of anilines is 2. The molecular weight excluding hydrogens is 632 g/mol. The van der Waals surface area contributed by atoms with Crippen LogP contribution in [0.2, 0.25) is 0 Å². The van der Waals surface area contributed by atoms with E-state index < -0.39 is 63.0 Å². The third-order valence-corrected chi connectivity index (χ3v) is 11.2. The molecule has 1 saturated carbocycles. The van der Waals surface area contributed by atoms with Crippen molar-refractivity contribution in [3.05, 3.63) is 59.7 Å². The lowest BCUT2D eigenvalue weighted by molar-refractivity contribution is -0.152. The zero-order valence-corrected chi connectivity index (χ0v) is 26.7. The lowest BCUT2D eigenvalue weighted by Crippen LogP contribution is -2.67. The van der Waals surface area contributed by atoms with Crippen molar-refractivity contribution in [2.24, 2.45) is 29.1 Å². The topological polar surface area (TPSA) is 120 Å². The van der Waals surface area contributed by atoms with Crippen molar-refractivity contribution in [1.29, 1.82) is 0 Å². The fraction of sp³-hybridized carbons (Fsp3) is 0.424. The van der Waals surface area contributed by atoms with E-state index >= 15 is 0 Å². The summed E-state index contributed by atoms with van der Waals surface area (Å²) in [5.74, 6) is -6.68. The van der Waals surface area contributed by atoms with Crippen LogP contribution in [-0.4, -0.2) is 53.7 Å². The van der Waals surface area contributed by atoms with Crippen molar-refractivity contribution >= 4 is 56.9 Å². The SMILES string of the molecule is CCOC(=O)C1=C(C)C2(Br)[C@@H]3C(=O)N(c4ccccc4OCC)C(=O)[C@H]3C1(C)[C@@H]1C(=O)N(c3ccccc3OCC)C(=O)[C@@H]12. The fourth-order valence-electron chi connectivity index (χ4n) is 8.04. The zero-order chi connectivity index (χ0) is 31.7. The van der Waals surface area contributed by atoms with Crippen molar-refractivity contribution < 1.29 is 38.2 Å². The van der Waals surface area contributed by atoms with Gasteiger partial charge in [0.1, 0.15) is 11.5 Å². The summed E-state index contributed by atoms with van der Waals surface area (Å²) in [7, 11) is 0. The molecule has 6 atom stereocenters. The summed E-state index contributed by atoms with van der Waals surface area (Å²) in [6.45, 7) is 9.26. The average molecular weight is 666 g/mol. The quantitative estimate of drug-likeness (QED) is 0.231. The number of hydrogen-bond acceptors (Lipinski definition) is 8. The number of halogens is 1. The highest BCUT2D eigenvalue weighted by Gasteiger charge is 2.82. The van der Waals surface area contributed by atoms with Gasteiger partial charge in [0.2, 0.25) is 23.6 Å². The van der Waals surface area contributed by atoms with Crippen molar-refractivity contribution in [1.82, 2.24) is 0 Å². The van der Waals surface area contributed by atoms with Crippen LogP contribution in [0.25, 0.3) is 0 Å². The van der Waals surface area contributed by atoms with E-state index in [2.05, 4.69) is 15.9 Å². The normalized spacial score (nSPS) is 30.6. The van der Waals surface area contributed by atoms with Crippen LogP contribution in [0, 0.1) is 29.1 Å². The Balaban J connectivity index is 1.58. The van der Waals surface area contributed by atoms with E-state index in [0.29, 0.717) is 30.3 Å².